The van der Waals surface area contributed by atoms with Crippen LogP contribution in [0.4, 0.5) is 33.2 Å². The molecule has 10 heteroatoms. The molecule has 0 spiro atoms. The number of hydrogen-bond donors (Lipinski definition) is 3. The monoisotopic (exact) mass is 424 g/mol. The molecule has 0 bridgehead atoms. The molecule has 3 heterocycles. The van der Waals surface area contributed by atoms with Crippen molar-refractivity contribution in [1.29, 1.82) is 0 Å². The number of halogens is 1. The molecular weight excluding hydrogens is 403 g/mol. The minimum absolute atomic E-state index is 0.00790. The van der Waals surface area contributed by atoms with Crippen LogP contribution in [-0.2, 0) is 0 Å². The minimum Gasteiger partial charge on any atom is -0.490 e. The van der Waals surface area contributed by atoms with Gasteiger partial charge in [0.15, 0.2) is 11.6 Å². The largest absolute Gasteiger partial charge is 0.490 e. The van der Waals surface area contributed by atoms with Gasteiger partial charge in [-0.25, -0.2) is 14.4 Å². The lowest BCUT2D eigenvalue weighted by Crippen LogP contribution is -2.39. The lowest BCUT2D eigenvalue weighted by atomic mass is 10.2. The van der Waals surface area contributed by atoms with Crippen LogP contribution in [0, 0.1) is 5.82 Å². The van der Waals surface area contributed by atoms with Crippen LogP contribution in [0.5, 0.6) is 11.6 Å². The Bertz CT molecular complexity index is 1080. The molecule has 0 radical (unpaired) electrons. The first-order valence-electron chi connectivity index (χ1n) is 9.48. The summed E-state index contributed by atoms with van der Waals surface area (Å²) >= 11 is 0. The highest BCUT2D eigenvalue weighted by atomic mass is 19.1. The van der Waals surface area contributed by atoms with Gasteiger partial charge < -0.3 is 30.1 Å². The van der Waals surface area contributed by atoms with Crippen LogP contribution in [0.1, 0.15) is 0 Å². The average Bonchev–Trinajstić information content (AvgIpc) is 2.81. The first-order chi connectivity index (χ1) is 15.1. The molecule has 3 aromatic rings. The van der Waals surface area contributed by atoms with E-state index in [0.29, 0.717) is 41.8 Å². The van der Waals surface area contributed by atoms with Gasteiger partial charge >= 0.3 is 0 Å². The number of aliphatic hydroxyl groups excluding tert-OH is 1. The topological polar surface area (TPSA) is 105 Å². The van der Waals surface area contributed by atoms with Crippen LogP contribution in [0.25, 0.3) is 0 Å². The van der Waals surface area contributed by atoms with E-state index in [2.05, 4.69) is 32.2 Å². The molecule has 1 aliphatic rings. The Morgan fingerprint density at radius 2 is 2.06 bits per heavy atom. The summed E-state index contributed by atoms with van der Waals surface area (Å²) in [7, 11) is 1.53. The van der Waals surface area contributed by atoms with Crippen molar-refractivity contribution in [2.75, 3.05) is 35.8 Å². The van der Waals surface area contributed by atoms with Gasteiger partial charge in [0, 0.05) is 11.8 Å². The summed E-state index contributed by atoms with van der Waals surface area (Å²) in [6.07, 6.45) is 3.21. The van der Waals surface area contributed by atoms with E-state index in [1.165, 1.54) is 13.2 Å². The number of methoxy groups -OCH3 is 1. The van der Waals surface area contributed by atoms with E-state index in [-0.39, 0.29) is 11.8 Å². The third kappa shape index (κ3) is 4.48. The van der Waals surface area contributed by atoms with E-state index in [0.717, 1.165) is 6.20 Å². The van der Waals surface area contributed by atoms with E-state index in [9.17, 15) is 9.50 Å². The average molecular weight is 424 g/mol. The molecule has 0 aliphatic carbocycles. The van der Waals surface area contributed by atoms with Gasteiger partial charge in [-0.05, 0) is 30.3 Å². The first-order valence-corrected chi connectivity index (χ1v) is 9.48. The van der Waals surface area contributed by atoms with Gasteiger partial charge in [-0.3, -0.25) is 0 Å². The molecule has 1 atom stereocenters. The number of benzene rings is 1. The van der Waals surface area contributed by atoms with Gasteiger partial charge in [0.1, 0.15) is 18.6 Å². The van der Waals surface area contributed by atoms with E-state index < -0.39 is 12.0 Å². The van der Waals surface area contributed by atoms with Crippen molar-refractivity contribution in [2.24, 2.45) is 0 Å². The van der Waals surface area contributed by atoms with Crippen LogP contribution < -0.4 is 25.0 Å². The molecule has 31 heavy (non-hydrogen) atoms. The molecule has 3 N–H and O–H groups in total. The smallest absolute Gasteiger partial charge is 0.229 e. The number of pyridine rings is 1. The van der Waals surface area contributed by atoms with Gasteiger partial charge in [0.05, 0.1) is 37.4 Å². The number of anilines is 5. The van der Waals surface area contributed by atoms with Gasteiger partial charge in [0.25, 0.3) is 0 Å². The number of nitrogens with one attached hydrogen (secondary N) is 2. The summed E-state index contributed by atoms with van der Waals surface area (Å²) < 4.78 is 25.0. The molecule has 0 saturated carbocycles. The molecule has 0 saturated heterocycles. The van der Waals surface area contributed by atoms with E-state index in [1.54, 1.807) is 41.4 Å². The third-order valence-corrected chi connectivity index (χ3v) is 4.60. The highest BCUT2D eigenvalue weighted by Gasteiger charge is 2.22. The molecule has 160 valence electrons. The van der Waals surface area contributed by atoms with Crippen LogP contribution in [0.2, 0.25) is 0 Å². The van der Waals surface area contributed by atoms with Crippen molar-refractivity contribution in [3.05, 3.63) is 61.2 Å². The molecule has 1 aliphatic heterocycles. The zero-order valence-electron chi connectivity index (χ0n) is 16.7. The fourth-order valence-electron chi connectivity index (χ4n) is 3.07. The molecule has 4 rings (SSSR count). The molecular formula is C21H21FN6O3. The summed E-state index contributed by atoms with van der Waals surface area (Å²) in [5.41, 5.74) is 1.86. The Morgan fingerprint density at radius 1 is 1.23 bits per heavy atom. The van der Waals surface area contributed by atoms with E-state index in [1.807, 2.05) is 0 Å². The van der Waals surface area contributed by atoms with Crippen molar-refractivity contribution in [2.45, 2.75) is 6.23 Å². The normalized spacial score (nSPS) is 13.6. The number of hydrogen-bond acceptors (Lipinski definition) is 9. The minimum atomic E-state index is -0.859. The van der Waals surface area contributed by atoms with E-state index >= 15 is 0 Å². The predicted octanol–water partition coefficient (Wildman–Crippen LogP) is 3.21. The predicted molar refractivity (Wildman–Crippen MR) is 115 cm³/mol. The summed E-state index contributed by atoms with van der Waals surface area (Å²) in [4.78, 5) is 14.0. The second-order valence-electron chi connectivity index (χ2n) is 6.60. The Balaban J connectivity index is 1.56. The molecule has 2 aromatic heterocycles. The summed E-state index contributed by atoms with van der Waals surface area (Å²) in [6.45, 7) is 4.57. The fourth-order valence-corrected chi connectivity index (χ4v) is 3.07. The van der Waals surface area contributed by atoms with Gasteiger partial charge in [0.2, 0.25) is 11.8 Å². The molecule has 0 amide bonds. The zero-order valence-corrected chi connectivity index (χ0v) is 16.7. The lowest BCUT2D eigenvalue weighted by Gasteiger charge is -2.33. The highest BCUT2D eigenvalue weighted by molar-refractivity contribution is 5.70. The number of aliphatic hydroxyl groups is 1. The Kier molecular flexibility index (Phi) is 5.80. The maximum absolute atomic E-state index is 14.4. The number of rotatable bonds is 7. The van der Waals surface area contributed by atoms with Crippen molar-refractivity contribution < 1.29 is 19.0 Å². The Labute approximate surface area is 178 Å². The zero-order chi connectivity index (χ0) is 21.8. The number of ether oxygens (including phenoxy) is 2. The Hall–Kier alpha value is -3.92. The highest BCUT2D eigenvalue weighted by Crippen LogP contribution is 2.36. The molecule has 1 unspecified atom stereocenters. The molecule has 9 nitrogen and oxygen atoms in total. The summed E-state index contributed by atoms with van der Waals surface area (Å²) in [6, 6.07) is 8.67. The maximum atomic E-state index is 14.4. The van der Waals surface area contributed by atoms with Crippen LogP contribution in [0.15, 0.2) is 55.4 Å². The van der Waals surface area contributed by atoms with Crippen molar-refractivity contribution in [3.63, 3.8) is 0 Å². The number of fused-ring (bicyclic) bond motifs is 1. The second kappa shape index (κ2) is 8.84. The van der Waals surface area contributed by atoms with Crippen LogP contribution in [-0.4, -0.2) is 46.5 Å². The maximum Gasteiger partial charge on any atom is 0.229 e. The fraction of sp³-hybridized carbons (Fsp3) is 0.190. The summed E-state index contributed by atoms with van der Waals surface area (Å²) in [5, 5.41) is 16.1. The van der Waals surface area contributed by atoms with Gasteiger partial charge in [-0.2, -0.15) is 4.98 Å². The lowest BCUT2D eigenvalue weighted by molar-refractivity contribution is 0.195. The first kappa shape index (κ1) is 20.4. The summed E-state index contributed by atoms with van der Waals surface area (Å²) in [5.74, 6) is 0.665. The number of aromatic nitrogens is 3. The number of nitrogens with zero attached hydrogens (tertiary/aromatic N) is 4. The van der Waals surface area contributed by atoms with E-state index in [4.69, 9.17) is 9.47 Å². The van der Waals surface area contributed by atoms with Crippen LogP contribution >= 0.6 is 0 Å². The molecule has 1 aromatic carbocycles. The quantitative estimate of drug-likeness (QED) is 0.493. The standard InChI is InChI=1S/C21H21FN6O3/c1-3-19(29)28-8-9-31-17-6-4-13(10-16(17)28)25-20-15(22)12-24-21(27-20)26-14-5-7-18(30-2)23-11-14/h3-7,10-12,19,29H,1,8-9H2,2H3,(H2,24,25,26,27). The van der Waals surface area contributed by atoms with Gasteiger partial charge in [-0.1, -0.05) is 6.58 Å². The van der Waals surface area contributed by atoms with Crippen LogP contribution in [0.3, 0.4) is 0 Å². The third-order valence-electron chi connectivity index (χ3n) is 4.60. The SMILES string of the molecule is C=CC(O)N1CCOc2ccc(Nc3nc(Nc4ccc(OC)nc4)ncc3F)cc21. The van der Waals surface area contributed by atoms with Crippen molar-refractivity contribution >= 4 is 28.8 Å². The van der Waals surface area contributed by atoms with Crippen molar-refractivity contribution in [3.8, 4) is 11.6 Å². The Morgan fingerprint density at radius 3 is 2.81 bits per heavy atom. The molecule has 0 fully saturated rings. The van der Waals surface area contributed by atoms with Crippen molar-refractivity contribution in [1.82, 2.24) is 15.0 Å². The van der Waals surface area contributed by atoms with Gasteiger partial charge in [-0.15, -0.1) is 0 Å². The second-order valence-corrected chi connectivity index (χ2v) is 6.60.